The van der Waals surface area contributed by atoms with Gasteiger partial charge >= 0.3 is 0 Å². The number of nitro groups is 1. The maximum atomic E-state index is 13.7. The van der Waals surface area contributed by atoms with Crippen LogP contribution in [0.2, 0.25) is 0 Å². The Balaban J connectivity index is 1.82. The second kappa shape index (κ2) is 6.55. The van der Waals surface area contributed by atoms with Crippen LogP contribution in [0, 0.1) is 15.9 Å². The van der Waals surface area contributed by atoms with Crippen LogP contribution in [0.15, 0.2) is 53.9 Å². The summed E-state index contributed by atoms with van der Waals surface area (Å²) in [4.78, 5) is 26.5. The van der Waals surface area contributed by atoms with E-state index in [1.165, 1.54) is 11.3 Å². The number of hydrogen-bond donors (Lipinski definition) is 1. The molecule has 0 bridgehead atoms. The van der Waals surface area contributed by atoms with Gasteiger partial charge in [0.1, 0.15) is 16.5 Å². The number of hydrogen-bond acceptors (Lipinski definition) is 5. The van der Waals surface area contributed by atoms with Crippen LogP contribution in [-0.4, -0.2) is 15.8 Å². The molecule has 0 saturated carbocycles. The third-order valence-electron chi connectivity index (χ3n) is 3.17. The molecule has 0 atom stereocenters. The maximum Gasteiger partial charge on any atom is 0.275 e. The summed E-state index contributed by atoms with van der Waals surface area (Å²) in [5, 5.41) is 15.3. The number of carbonyl (C=O) groups excluding carboxylic acids is 1. The molecule has 0 spiro atoms. The van der Waals surface area contributed by atoms with Gasteiger partial charge in [0.2, 0.25) is 0 Å². The van der Waals surface area contributed by atoms with Crippen LogP contribution in [0.5, 0.6) is 0 Å². The number of nitro benzene ring substituents is 1. The first kappa shape index (κ1) is 15.8. The largest absolute Gasteiger partial charge is 0.318 e. The Kier molecular flexibility index (Phi) is 4.30. The van der Waals surface area contributed by atoms with Crippen molar-refractivity contribution in [2.24, 2.45) is 0 Å². The molecule has 2 aromatic carbocycles. The number of benzene rings is 2. The lowest BCUT2D eigenvalue weighted by Gasteiger charge is -2.04. The predicted molar refractivity (Wildman–Crippen MR) is 88.6 cm³/mol. The highest BCUT2D eigenvalue weighted by molar-refractivity contribution is 7.13. The van der Waals surface area contributed by atoms with Crippen LogP contribution in [0.3, 0.4) is 0 Å². The minimum absolute atomic E-state index is 0.116. The Morgan fingerprint density at radius 3 is 2.67 bits per heavy atom. The fraction of sp³-hybridized carbons (Fsp3) is 0. The van der Waals surface area contributed by atoms with E-state index in [1.54, 1.807) is 5.38 Å². The topological polar surface area (TPSA) is 85.1 Å². The molecule has 120 valence electrons. The third-order valence-corrected chi connectivity index (χ3v) is 4.06. The quantitative estimate of drug-likeness (QED) is 0.570. The fourth-order valence-electron chi connectivity index (χ4n) is 2.00. The number of amides is 1. The smallest absolute Gasteiger partial charge is 0.275 e. The van der Waals surface area contributed by atoms with Crippen LogP contribution in [0.25, 0.3) is 10.6 Å². The van der Waals surface area contributed by atoms with Gasteiger partial charge in [0.25, 0.3) is 11.6 Å². The Morgan fingerprint density at radius 2 is 1.96 bits per heavy atom. The van der Waals surface area contributed by atoms with Crippen molar-refractivity contribution in [3.05, 3.63) is 75.5 Å². The summed E-state index contributed by atoms with van der Waals surface area (Å²) >= 11 is 1.28. The number of nitrogens with one attached hydrogen (secondary N) is 1. The number of aromatic nitrogens is 1. The summed E-state index contributed by atoms with van der Waals surface area (Å²) in [6.45, 7) is 0. The minimum atomic E-state index is -0.757. The molecule has 1 aromatic heterocycles. The van der Waals surface area contributed by atoms with E-state index in [0.717, 1.165) is 23.8 Å². The summed E-state index contributed by atoms with van der Waals surface area (Å²) < 4.78 is 13.7. The summed E-state index contributed by atoms with van der Waals surface area (Å²) in [5.41, 5.74) is 0.409. The van der Waals surface area contributed by atoms with Crippen molar-refractivity contribution in [1.29, 1.82) is 0 Å². The highest BCUT2D eigenvalue weighted by atomic mass is 32.1. The lowest BCUT2D eigenvalue weighted by Crippen LogP contribution is -2.13. The maximum absolute atomic E-state index is 13.7. The van der Waals surface area contributed by atoms with Gasteiger partial charge in [-0.2, -0.15) is 0 Å². The molecule has 6 nitrogen and oxygen atoms in total. The molecule has 0 unspecified atom stereocenters. The predicted octanol–water partition coefficient (Wildman–Crippen LogP) is 4.11. The average Bonchev–Trinajstić information content (AvgIpc) is 3.07. The molecule has 3 rings (SSSR count). The first-order valence-electron chi connectivity index (χ1n) is 6.81. The highest BCUT2D eigenvalue weighted by Gasteiger charge is 2.16. The zero-order valence-electron chi connectivity index (χ0n) is 12.1. The lowest BCUT2D eigenvalue weighted by atomic mass is 10.2. The Morgan fingerprint density at radius 1 is 1.21 bits per heavy atom. The standard InChI is InChI=1S/C16H10FN3O3S/c17-12-7-6-11(20(22)23)8-13(12)18-15(21)14-9-24-16(19-14)10-4-2-1-3-5-10/h1-9H,(H,18,21). The van der Waals surface area contributed by atoms with Crippen LogP contribution >= 0.6 is 11.3 Å². The summed E-state index contributed by atoms with van der Waals surface area (Å²) in [7, 11) is 0. The summed E-state index contributed by atoms with van der Waals surface area (Å²) in [6, 6.07) is 12.2. The molecule has 1 heterocycles. The minimum Gasteiger partial charge on any atom is -0.318 e. The number of nitrogens with zero attached hydrogens (tertiary/aromatic N) is 2. The van der Waals surface area contributed by atoms with E-state index >= 15 is 0 Å². The van der Waals surface area contributed by atoms with Crippen LogP contribution in [0.4, 0.5) is 15.8 Å². The molecule has 0 aliphatic heterocycles. The lowest BCUT2D eigenvalue weighted by molar-refractivity contribution is -0.384. The van der Waals surface area contributed by atoms with E-state index in [4.69, 9.17) is 0 Å². The zero-order valence-corrected chi connectivity index (χ0v) is 12.9. The van der Waals surface area contributed by atoms with E-state index in [9.17, 15) is 19.3 Å². The van der Waals surface area contributed by atoms with Gasteiger partial charge in [0.05, 0.1) is 10.6 Å². The van der Waals surface area contributed by atoms with Crippen molar-refractivity contribution in [2.45, 2.75) is 0 Å². The SMILES string of the molecule is O=C(Nc1cc([N+](=O)[O-])ccc1F)c1csc(-c2ccccc2)n1. The first-order chi connectivity index (χ1) is 11.5. The third kappa shape index (κ3) is 3.28. The van der Waals surface area contributed by atoms with Gasteiger partial charge in [-0.25, -0.2) is 9.37 Å². The number of non-ortho nitro benzene ring substituents is 1. The van der Waals surface area contributed by atoms with Crippen molar-refractivity contribution in [3.8, 4) is 10.6 Å². The number of rotatable bonds is 4. The van der Waals surface area contributed by atoms with Crippen molar-refractivity contribution < 1.29 is 14.1 Å². The van der Waals surface area contributed by atoms with Crippen molar-refractivity contribution in [3.63, 3.8) is 0 Å². The highest BCUT2D eigenvalue weighted by Crippen LogP contribution is 2.25. The van der Waals surface area contributed by atoms with Crippen LogP contribution < -0.4 is 5.32 Å². The molecule has 1 N–H and O–H groups in total. The summed E-state index contributed by atoms with van der Waals surface area (Å²) in [5.74, 6) is -1.39. The monoisotopic (exact) mass is 343 g/mol. The summed E-state index contributed by atoms with van der Waals surface area (Å²) in [6.07, 6.45) is 0. The van der Waals surface area contributed by atoms with Gasteiger partial charge in [0, 0.05) is 23.1 Å². The Labute approximate surface area is 139 Å². The first-order valence-corrected chi connectivity index (χ1v) is 7.69. The Hall–Kier alpha value is -3.13. The molecule has 8 heteroatoms. The van der Waals surface area contributed by atoms with E-state index in [2.05, 4.69) is 10.3 Å². The van der Waals surface area contributed by atoms with Gasteiger partial charge in [0.15, 0.2) is 0 Å². The molecule has 0 aliphatic rings. The molecule has 3 aromatic rings. The number of halogens is 1. The van der Waals surface area contributed by atoms with Crippen LogP contribution in [-0.2, 0) is 0 Å². The molecule has 0 saturated heterocycles. The van der Waals surface area contributed by atoms with Crippen molar-refractivity contribution in [1.82, 2.24) is 4.98 Å². The van der Waals surface area contributed by atoms with Crippen molar-refractivity contribution >= 4 is 28.6 Å². The Bertz CT molecular complexity index is 912. The van der Waals surface area contributed by atoms with Crippen LogP contribution in [0.1, 0.15) is 10.5 Å². The molecular weight excluding hydrogens is 333 g/mol. The molecule has 0 aliphatic carbocycles. The van der Waals surface area contributed by atoms with Gasteiger partial charge in [-0.3, -0.25) is 14.9 Å². The van der Waals surface area contributed by atoms with Gasteiger partial charge in [-0.1, -0.05) is 30.3 Å². The number of thiazole rings is 1. The van der Waals surface area contributed by atoms with Gasteiger partial charge in [-0.15, -0.1) is 11.3 Å². The molecule has 0 radical (unpaired) electrons. The number of carbonyl (C=O) groups is 1. The van der Waals surface area contributed by atoms with E-state index in [-0.39, 0.29) is 17.1 Å². The van der Waals surface area contributed by atoms with Gasteiger partial charge < -0.3 is 5.32 Å². The fourth-order valence-corrected chi connectivity index (χ4v) is 2.81. The molecule has 24 heavy (non-hydrogen) atoms. The average molecular weight is 343 g/mol. The van der Waals surface area contributed by atoms with Gasteiger partial charge in [-0.05, 0) is 6.07 Å². The molecule has 1 amide bonds. The molecule has 0 fully saturated rings. The second-order valence-corrected chi connectivity index (χ2v) is 5.64. The number of anilines is 1. The zero-order chi connectivity index (χ0) is 17.1. The second-order valence-electron chi connectivity index (χ2n) is 4.78. The van der Waals surface area contributed by atoms with E-state index in [0.29, 0.717) is 5.01 Å². The van der Waals surface area contributed by atoms with Crippen molar-refractivity contribution in [2.75, 3.05) is 5.32 Å². The van der Waals surface area contributed by atoms with E-state index in [1.807, 2.05) is 30.3 Å². The molecular formula is C16H10FN3O3S. The normalized spacial score (nSPS) is 10.4. The van der Waals surface area contributed by atoms with E-state index < -0.39 is 16.6 Å².